The van der Waals surface area contributed by atoms with Gasteiger partial charge in [-0.3, -0.25) is 0 Å². The predicted octanol–water partition coefficient (Wildman–Crippen LogP) is 2.81. The van der Waals surface area contributed by atoms with Crippen molar-refractivity contribution < 1.29 is 9.53 Å². The highest BCUT2D eigenvalue weighted by molar-refractivity contribution is 9.10. The lowest BCUT2D eigenvalue weighted by Crippen LogP contribution is -2.06. The number of fused-ring (bicyclic) bond motifs is 1. The first-order valence-corrected chi connectivity index (χ1v) is 5.73. The molecular formula is C11H11BrN2O2. The van der Waals surface area contributed by atoms with Gasteiger partial charge in [-0.2, -0.15) is 0 Å². The van der Waals surface area contributed by atoms with Crippen molar-refractivity contribution in [1.82, 2.24) is 9.97 Å². The third-order valence-electron chi connectivity index (χ3n) is 2.39. The fourth-order valence-corrected chi connectivity index (χ4v) is 1.99. The van der Waals surface area contributed by atoms with Crippen molar-refractivity contribution in [3.63, 3.8) is 0 Å². The summed E-state index contributed by atoms with van der Waals surface area (Å²) in [5, 5.41) is 0. The minimum absolute atomic E-state index is 0.336. The summed E-state index contributed by atoms with van der Waals surface area (Å²) >= 11 is 3.41. The van der Waals surface area contributed by atoms with E-state index in [9.17, 15) is 4.79 Å². The van der Waals surface area contributed by atoms with Gasteiger partial charge in [-0.05, 0) is 25.5 Å². The standard InChI is InChI=1S/C11H11BrN2O2/c1-3-16-11(15)7-4-8(12)6(2)9-10(7)14-5-13-9/h4-5H,3H2,1-2H3,(H,13,14). The van der Waals surface area contributed by atoms with Gasteiger partial charge in [-0.15, -0.1) is 0 Å². The summed E-state index contributed by atoms with van der Waals surface area (Å²) in [6.07, 6.45) is 1.58. The molecule has 4 nitrogen and oxygen atoms in total. The number of nitrogens with one attached hydrogen (secondary N) is 1. The number of nitrogens with zero attached hydrogens (tertiary/aromatic N) is 1. The number of aryl methyl sites for hydroxylation is 1. The fourth-order valence-electron chi connectivity index (χ4n) is 1.57. The molecule has 0 radical (unpaired) electrons. The lowest BCUT2D eigenvalue weighted by molar-refractivity contribution is 0.0528. The average molecular weight is 283 g/mol. The van der Waals surface area contributed by atoms with E-state index in [1.54, 1.807) is 19.3 Å². The number of hydrogen-bond acceptors (Lipinski definition) is 3. The van der Waals surface area contributed by atoms with Crippen LogP contribution in [0.2, 0.25) is 0 Å². The van der Waals surface area contributed by atoms with Crippen molar-refractivity contribution in [1.29, 1.82) is 0 Å². The third kappa shape index (κ3) is 1.71. The van der Waals surface area contributed by atoms with Crippen LogP contribution >= 0.6 is 15.9 Å². The van der Waals surface area contributed by atoms with E-state index in [1.807, 2.05) is 6.92 Å². The maximum Gasteiger partial charge on any atom is 0.340 e. The number of rotatable bonds is 2. The minimum Gasteiger partial charge on any atom is -0.462 e. The molecule has 0 aliphatic rings. The molecule has 0 amide bonds. The van der Waals surface area contributed by atoms with Gasteiger partial charge in [0.2, 0.25) is 0 Å². The Morgan fingerprint density at radius 1 is 1.62 bits per heavy atom. The Morgan fingerprint density at radius 2 is 2.38 bits per heavy atom. The number of ether oxygens (including phenoxy) is 1. The Balaban J connectivity index is 2.65. The second kappa shape index (κ2) is 4.25. The molecule has 0 spiro atoms. The van der Waals surface area contributed by atoms with Crippen LogP contribution in [0.15, 0.2) is 16.9 Å². The van der Waals surface area contributed by atoms with Crippen molar-refractivity contribution in [3.8, 4) is 0 Å². The van der Waals surface area contributed by atoms with Crippen LogP contribution in [0, 0.1) is 6.92 Å². The van der Waals surface area contributed by atoms with E-state index < -0.39 is 0 Å². The molecule has 1 heterocycles. The number of carbonyl (C=O) groups excluding carboxylic acids is 1. The quantitative estimate of drug-likeness (QED) is 0.862. The SMILES string of the molecule is CCOC(=O)c1cc(Br)c(C)c2nc[nH]c12. The number of carbonyl (C=O) groups is 1. The molecule has 5 heteroatoms. The van der Waals surface area contributed by atoms with Gasteiger partial charge in [0.15, 0.2) is 0 Å². The van der Waals surface area contributed by atoms with Crippen LogP contribution in [0.5, 0.6) is 0 Å². The molecular weight excluding hydrogens is 272 g/mol. The largest absolute Gasteiger partial charge is 0.462 e. The minimum atomic E-state index is -0.336. The van der Waals surface area contributed by atoms with Gasteiger partial charge in [-0.25, -0.2) is 9.78 Å². The Bertz CT molecular complexity index is 548. The zero-order valence-electron chi connectivity index (χ0n) is 9.00. The first kappa shape index (κ1) is 11.1. The molecule has 0 aliphatic heterocycles. The van der Waals surface area contributed by atoms with E-state index in [4.69, 9.17) is 4.74 Å². The first-order chi connectivity index (χ1) is 7.65. The van der Waals surface area contributed by atoms with E-state index in [0.717, 1.165) is 21.1 Å². The van der Waals surface area contributed by atoms with Crippen LogP contribution in [0.3, 0.4) is 0 Å². The van der Waals surface area contributed by atoms with Gasteiger partial charge in [0.25, 0.3) is 0 Å². The number of H-pyrrole nitrogens is 1. The molecule has 0 unspecified atom stereocenters. The highest BCUT2D eigenvalue weighted by Crippen LogP contribution is 2.27. The monoisotopic (exact) mass is 282 g/mol. The number of benzene rings is 1. The third-order valence-corrected chi connectivity index (χ3v) is 3.21. The highest BCUT2D eigenvalue weighted by atomic mass is 79.9. The van der Waals surface area contributed by atoms with Crippen molar-refractivity contribution >= 4 is 32.9 Å². The van der Waals surface area contributed by atoms with Gasteiger partial charge in [0, 0.05) is 4.47 Å². The molecule has 0 aliphatic carbocycles. The van der Waals surface area contributed by atoms with Gasteiger partial charge < -0.3 is 9.72 Å². The van der Waals surface area contributed by atoms with Gasteiger partial charge in [-0.1, -0.05) is 15.9 Å². The van der Waals surface area contributed by atoms with Crippen molar-refractivity contribution in [2.75, 3.05) is 6.61 Å². The van der Waals surface area contributed by atoms with Crippen molar-refractivity contribution in [2.45, 2.75) is 13.8 Å². The van der Waals surface area contributed by atoms with Crippen LogP contribution in [-0.2, 0) is 4.74 Å². The van der Waals surface area contributed by atoms with E-state index >= 15 is 0 Å². The predicted molar refractivity (Wildman–Crippen MR) is 64.5 cm³/mol. The molecule has 16 heavy (non-hydrogen) atoms. The van der Waals surface area contributed by atoms with Gasteiger partial charge >= 0.3 is 5.97 Å². The highest BCUT2D eigenvalue weighted by Gasteiger charge is 2.16. The number of aromatic nitrogens is 2. The molecule has 0 bridgehead atoms. The van der Waals surface area contributed by atoms with Crippen LogP contribution in [0.25, 0.3) is 11.0 Å². The van der Waals surface area contributed by atoms with E-state index in [2.05, 4.69) is 25.9 Å². The fraction of sp³-hybridized carbons (Fsp3) is 0.273. The van der Waals surface area contributed by atoms with Crippen LogP contribution in [-0.4, -0.2) is 22.5 Å². The molecule has 0 saturated carbocycles. The molecule has 0 atom stereocenters. The normalized spacial score (nSPS) is 10.7. The van der Waals surface area contributed by atoms with Crippen LogP contribution in [0.4, 0.5) is 0 Å². The maximum atomic E-state index is 11.7. The molecule has 2 rings (SSSR count). The molecule has 2 aromatic rings. The van der Waals surface area contributed by atoms with Crippen molar-refractivity contribution in [2.24, 2.45) is 0 Å². The Hall–Kier alpha value is -1.36. The molecule has 1 aromatic heterocycles. The summed E-state index contributed by atoms with van der Waals surface area (Å²) in [6.45, 7) is 4.09. The second-order valence-electron chi connectivity index (χ2n) is 3.38. The zero-order valence-corrected chi connectivity index (χ0v) is 10.6. The molecule has 84 valence electrons. The summed E-state index contributed by atoms with van der Waals surface area (Å²) in [7, 11) is 0. The van der Waals surface area contributed by atoms with Gasteiger partial charge in [0.05, 0.1) is 29.5 Å². The molecule has 1 N–H and O–H groups in total. The summed E-state index contributed by atoms with van der Waals surface area (Å²) in [6, 6.07) is 1.76. The lowest BCUT2D eigenvalue weighted by Gasteiger charge is -2.06. The lowest BCUT2D eigenvalue weighted by atomic mass is 10.1. The molecule has 1 aromatic carbocycles. The van der Waals surface area contributed by atoms with Crippen molar-refractivity contribution in [3.05, 3.63) is 28.0 Å². The summed E-state index contributed by atoms with van der Waals surface area (Å²) in [5.41, 5.74) is 3.02. The second-order valence-corrected chi connectivity index (χ2v) is 4.23. The van der Waals surface area contributed by atoms with E-state index in [0.29, 0.717) is 12.2 Å². The topological polar surface area (TPSA) is 55.0 Å². The number of imidazole rings is 1. The number of esters is 1. The summed E-state index contributed by atoms with van der Waals surface area (Å²) in [5.74, 6) is -0.336. The van der Waals surface area contributed by atoms with E-state index in [1.165, 1.54) is 0 Å². The summed E-state index contributed by atoms with van der Waals surface area (Å²) < 4.78 is 5.85. The van der Waals surface area contributed by atoms with Gasteiger partial charge in [0.1, 0.15) is 0 Å². The smallest absolute Gasteiger partial charge is 0.340 e. The molecule has 0 fully saturated rings. The van der Waals surface area contributed by atoms with Crippen LogP contribution in [0.1, 0.15) is 22.8 Å². The summed E-state index contributed by atoms with van der Waals surface area (Å²) in [4.78, 5) is 18.9. The Labute approximate surface area is 101 Å². The van der Waals surface area contributed by atoms with Crippen LogP contribution < -0.4 is 0 Å². The number of hydrogen-bond donors (Lipinski definition) is 1. The molecule has 0 saturated heterocycles. The maximum absolute atomic E-state index is 11.7. The number of halogens is 1. The Kier molecular flexibility index (Phi) is 2.96. The zero-order chi connectivity index (χ0) is 11.7. The average Bonchev–Trinajstić information content (AvgIpc) is 2.72. The number of aromatic amines is 1. The Morgan fingerprint density at radius 3 is 3.06 bits per heavy atom. The first-order valence-electron chi connectivity index (χ1n) is 4.94. The van der Waals surface area contributed by atoms with E-state index in [-0.39, 0.29) is 5.97 Å².